The second-order valence-corrected chi connectivity index (χ2v) is 9.90. The number of aryl methyl sites for hydroxylation is 1. The molecule has 5 rings (SSSR count). The lowest BCUT2D eigenvalue weighted by molar-refractivity contribution is -0.113. The van der Waals surface area contributed by atoms with E-state index >= 15 is 0 Å². The van der Waals surface area contributed by atoms with Crippen LogP contribution < -0.4 is 5.32 Å². The molecule has 1 N–H and O–H groups in total. The molecule has 0 radical (unpaired) electrons. The zero-order valence-electron chi connectivity index (χ0n) is 20.5. The second-order valence-electron chi connectivity index (χ2n) is 8.96. The van der Waals surface area contributed by atoms with Gasteiger partial charge >= 0.3 is 0 Å². The Bertz CT molecular complexity index is 1420. The number of anilines is 1. The summed E-state index contributed by atoms with van der Waals surface area (Å²) in [6.07, 6.45) is 1.78. The fraction of sp³-hybridized carbons (Fsp3) is 0.286. The molecule has 0 bridgehead atoms. The van der Waals surface area contributed by atoms with Crippen molar-refractivity contribution >= 4 is 40.0 Å². The van der Waals surface area contributed by atoms with Gasteiger partial charge in [0.15, 0.2) is 11.0 Å². The van der Waals surface area contributed by atoms with Crippen molar-refractivity contribution in [1.29, 1.82) is 0 Å². The Morgan fingerprint density at radius 3 is 2.61 bits per heavy atom. The maximum atomic E-state index is 13.3. The topological polar surface area (TPSA) is 80.1 Å². The highest BCUT2D eigenvalue weighted by molar-refractivity contribution is 7.99. The van der Waals surface area contributed by atoms with Gasteiger partial charge in [0.05, 0.1) is 11.8 Å². The van der Waals surface area contributed by atoms with E-state index in [9.17, 15) is 9.59 Å². The molecule has 8 heteroatoms. The first-order chi connectivity index (χ1) is 17.5. The normalized spacial score (nSPS) is 15.4. The van der Waals surface area contributed by atoms with Crippen molar-refractivity contribution in [1.82, 2.24) is 19.7 Å². The highest BCUT2D eigenvalue weighted by atomic mass is 32.2. The van der Waals surface area contributed by atoms with E-state index in [1.165, 1.54) is 11.8 Å². The van der Waals surface area contributed by atoms with Crippen LogP contribution in [0, 0.1) is 6.92 Å². The lowest BCUT2D eigenvalue weighted by Gasteiger charge is -2.25. The molecular weight excluding hydrogens is 470 g/mol. The minimum atomic E-state index is -0.120. The van der Waals surface area contributed by atoms with Gasteiger partial charge < -0.3 is 14.8 Å². The number of likely N-dealkylation sites (tertiary alicyclic amines) is 1. The molecule has 36 heavy (non-hydrogen) atoms. The summed E-state index contributed by atoms with van der Waals surface area (Å²) < 4.78 is 2.03. The molecule has 1 unspecified atom stereocenters. The summed E-state index contributed by atoms with van der Waals surface area (Å²) in [5.41, 5.74) is 2.47. The summed E-state index contributed by atoms with van der Waals surface area (Å²) in [5.74, 6) is 0.945. The standard InChI is InChI=1S/C28H29N5O2S/c1-3-32-26(24-13-8-16-33(24)27(35)23-12-7-4-9-19(23)2)30-31-28(32)36-18-25(34)29-22-15-14-20-10-5-6-11-21(20)17-22/h4-7,9-12,14-15,17,24H,3,8,13,16,18H2,1-2H3,(H,29,34). The minimum Gasteiger partial charge on any atom is -0.328 e. The van der Waals surface area contributed by atoms with E-state index in [1.807, 2.05) is 90.0 Å². The Morgan fingerprint density at radius 1 is 1.03 bits per heavy atom. The predicted molar refractivity (Wildman–Crippen MR) is 143 cm³/mol. The highest BCUT2D eigenvalue weighted by Crippen LogP contribution is 2.34. The number of carbonyl (C=O) groups is 2. The number of nitrogens with zero attached hydrogens (tertiary/aromatic N) is 4. The van der Waals surface area contributed by atoms with Crippen molar-refractivity contribution in [2.75, 3.05) is 17.6 Å². The Hall–Kier alpha value is -3.65. The quantitative estimate of drug-likeness (QED) is 0.341. The van der Waals surface area contributed by atoms with Crippen LogP contribution in [0.25, 0.3) is 10.8 Å². The van der Waals surface area contributed by atoms with Crippen LogP contribution in [0.15, 0.2) is 71.9 Å². The summed E-state index contributed by atoms with van der Waals surface area (Å²) in [7, 11) is 0. The molecule has 1 fully saturated rings. The third-order valence-corrected chi connectivity index (χ3v) is 7.58. The monoisotopic (exact) mass is 499 g/mol. The van der Waals surface area contributed by atoms with Crippen LogP contribution in [-0.2, 0) is 11.3 Å². The van der Waals surface area contributed by atoms with Gasteiger partial charge in [-0.15, -0.1) is 10.2 Å². The van der Waals surface area contributed by atoms with E-state index in [0.29, 0.717) is 18.2 Å². The molecule has 0 saturated carbocycles. The molecule has 184 valence electrons. The van der Waals surface area contributed by atoms with Gasteiger partial charge in [-0.25, -0.2) is 0 Å². The molecule has 0 spiro atoms. The average molecular weight is 500 g/mol. The highest BCUT2D eigenvalue weighted by Gasteiger charge is 2.35. The van der Waals surface area contributed by atoms with E-state index in [0.717, 1.165) is 46.3 Å². The van der Waals surface area contributed by atoms with E-state index in [4.69, 9.17) is 0 Å². The van der Waals surface area contributed by atoms with E-state index in [-0.39, 0.29) is 23.6 Å². The molecule has 4 aromatic rings. The van der Waals surface area contributed by atoms with Crippen LogP contribution in [0.2, 0.25) is 0 Å². The van der Waals surface area contributed by atoms with Gasteiger partial charge in [0.2, 0.25) is 5.91 Å². The lowest BCUT2D eigenvalue weighted by atomic mass is 10.1. The van der Waals surface area contributed by atoms with Gasteiger partial charge in [0, 0.05) is 24.3 Å². The van der Waals surface area contributed by atoms with Crippen LogP contribution in [0.1, 0.15) is 47.6 Å². The number of aromatic nitrogens is 3. The molecule has 7 nitrogen and oxygen atoms in total. The summed E-state index contributed by atoms with van der Waals surface area (Å²) in [6, 6.07) is 21.5. The fourth-order valence-electron chi connectivity index (χ4n) is 4.79. The van der Waals surface area contributed by atoms with Gasteiger partial charge in [0.25, 0.3) is 5.91 Å². The first-order valence-corrected chi connectivity index (χ1v) is 13.2. The molecule has 3 aromatic carbocycles. The number of carbonyl (C=O) groups excluding carboxylic acids is 2. The van der Waals surface area contributed by atoms with Crippen molar-refractivity contribution in [3.8, 4) is 0 Å². The summed E-state index contributed by atoms with van der Waals surface area (Å²) in [4.78, 5) is 27.9. The first-order valence-electron chi connectivity index (χ1n) is 12.3. The van der Waals surface area contributed by atoms with E-state index in [1.54, 1.807) is 0 Å². The third kappa shape index (κ3) is 4.86. The molecule has 2 heterocycles. The van der Waals surface area contributed by atoms with Crippen LogP contribution in [-0.4, -0.2) is 43.8 Å². The van der Waals surface area contributed by atoms with Crippen LogP contribution >= 0.6 is 11.8 Å². The molecule has 2 amide bonds. The first kappa shape index (κ1) is 24.1. The molecular formula is C28H29N5O2S. The summed E-state index contributed by atoms with van der Waals surface area (Å²) in [5, 5.41) is 14.8. The predicted octanol–water partition coefficient (Wildman–Crippen LogP) is 5.47. The summed E-state index contributed by atoms with van der Waals surface area (Å²) in [6.45, 7) is 5.37. The van der Waals surface area contributed by atoms with Crippen molar-refractivity contribution in [2.45, 2.75) is 44.4 Å². The SMILES string of the molecule is CCn1c(SCC(=O)Nc2ccc3ccccc3c2)nnc1C1CCCN1C(=O)c1ccccc1C. The number of nitrogens with one attached hydrogen (secondary N) is 1. The fourth-order valence-corrected chi connectivity index (χ4v) is 5.60. The van der Waals surface area contributed by atoms with Gasteiger partial charge in [0.1, 0.15) is 0 Å². The van der Waals surface area contributed by atoms with Crippen molar-refractivity contribution < 1.29 is 9.59 Å². The van der Waals surface area contributed by atoms with Gasteiger partial charge in [-0.3, -0.25) is 9.59 Å². The Balaban J connectivity index is 1.27. The third-order valence-electron chi connectivity index (χ3n) is 6.61. The zero-order chi connectivity index (χ0) is 25.1. The minimum absolute atomic E-state index is 0.0326. The molecule has 0 aliphatic carbocycles. The number of benzene rings is 3. The van der Waals surface area contributed by atoms with Crippen LogP contribution in [0.5, 0.6) is 0 Å². The Morgan fingerprint density at radius 2 is 1.81 bits per heavy atom. The second kappa shape index (κ2) is 10.5. The Labute approximate surface area is 214 Å². The lowest BCUT2D eigenvalue weighted by Crippen LogP contribution is -2.32. The maximum Gasteiger partial charge on any atom is 0.254 e. The molecule has 1 aliphatic rings. The molecule has 1 aromatic heterocycles. The maximum absolute atomic E-state index is 13.3. The van der Waals surface area contributed by atoms with Crippen molar-refractivity contribution in [2.24, 2.45) is 0 Å². The molecule has 1 saturated heterocycles. The van der Waals surface area contributed by atoms with Crippen LogP contribution in [0.3, 0.4) is 0 Å². The van der Waals surface area contributed by atoms with Crippen molar-refractivity contribution in [3.63, 3.8) is 0 Å². The molecule has 1 aliphatic heterocycles. The van der Waals surface area contributed by atoms with E-state index < -0.39 is 0 Å². The summed E-state index contributed by atoms with van der Waals surface area (Å²) >= 11 is 1.36. The van der Waals surface area contributed by atoms with E-state index in [2.05, 4.69) is 15.5 Å². The number of hydrogen-bond acceptors (Lipinski definition) is 5. The number of amides is 2. The number of hydrogen-bond donors (Lipinski definition) is 1. The number of thioether (sulfide) groups is 1. The Kier molecular flexibility index (Phi) is 7.04. The smallest absolute Gasteiger partial charge is 0.254 e. The van der Waals surface area contributed by atoms with Crippen LogP contribution in [0.4, 0.5) is 5.69 Å². The zero-order valence-corrected chi connectivity index (χ0v) is 21.3. The van der Waals surface area contributed by atoms with Gasteiger partial charge in [-0.05, 0) is 61.2 Å². The molecule has 1 atom stereocenters. The number of rotatable bonds is 7. The van der Waals surface area contributed by atoms with Gasteiger partial charge in [-0.2, -0.15) is 0 Å². The van der Waals surface area contributed by atoms with Gasteiger partial charge in [-0.1, -0.05) is 60.3 Å². The van der Waals surface area contributed by atoms with Crippen molar-refractivity contribution in [3.05, 3.63) is 83.7 Å². The largest absolute Gasteiger partial charge is 0.328 e. The average Bonchev–Trinajstić information content (AvgIpc) is 3.54. The number of fused-ring (bicyclic) bond motifs is 1.